The summed E-state index contributed by atoms with van der Waals surface area (Å²) in [6.45, 7) is 4.38. The van der Waals surface area contributed by atoms with Crippen LogP contribution in [0.25, 0.3) is 0 Å². The lowest BCUT2D eigenvalue weighted by molar-refractivity contribution is -0.119. The van der Waals surface area contributed by atoms with Crippen LogP contribution in [0.1, 0.15) is 18.9 Å². The Morgan fingerprint density at radius 3 is 3.06 bits per heavy atom. The Morgan fingerprint density at radius 1 is 1.50 bits per heavy atom. The highest BCUT2D eigenvalue weighted by Crippen LogP contribution is 2.26. The number of anilines is 2. The van der Waals surface area contributed by atoms with Crippen LogP contribution in [0.3, 0.4) is 0 Å². The van der Waals surface area contributed by atoms with E-state index in [0.29, 0.717) is 6.54 Å². The van der Waals surface area contributed by atoms with Crippen molar-refractivity contribution in [2.24, 2.45) is 0 Å². The van der Waals surface area contributed by atoms with Crippen molar-refractivity contribution in [2.45, 2.75) is 19.8 Å². The Labute approximate surface area is 108 Å². The van der Waals surface area contributed by atoms with Gasteiger partial charge < -0.3 is 15.5 Å². The molecule has 1 aliphatic rings. The van der Waals surface area contributed by atoms with Gasteiger partial charge in [-0.3, -0.25) is 4.79 Å². The Morgan fingerprint density at radius 2 is 2.33 bits per heavy atom. The van der Waals surface area contributed by atoms with Gasteiger partial charge in [0.25, 0.3) is 0 Å². The number of fused-ring (bicyclic) bond motifs is 1. The van der Waals surface area contributed by atoms with Gasteiger partial charge in [-0.25, -0.2) is 0 Å². The van der Waals surface area contributed by atoms with Gasteiger partial charge >= 0.3 is 0 Å². The standard InChI is InChI=1S/C14H21N3O/c1-3-17(10-14(18)15-2)12-6-7-13-11(9-12)5-4-8-16-13/h6-7,9,16H,3-5,8,10H2,1-2H3,(H,15,18). The number of nitrogens with one attached hydrogen (secondary N) is 2. The summed E-state index contributed by atoms with van der Waals surface area (Å²) >= 11 is 0. The number of benzene rings is 1. The average molecular weight is 247 g/mol. The number of aryl methyl sites for hydroxylation is 1. The molecule has 18 heavy (non-hydrogen) atoms. The molecule has 1 heterocycles. The van der Waals surface area contributed by atoms with Crippen LogP contribution in [0.2, 0.25) is 0 Å². The van der Waals surface area contributed by atoms with Crippen molar-refractivity contribution in [3.8, 4) is 0 Å². The molecule has 1 aromatic rings. The van der Waals surface area contributed by atoms with Gasteiger partial charge in [-0.15, -0.1) is 0 Å². The highest BCUT2D eigenvalue weighted by molar-refractivity contribution is 5.81. The minimum Gasteiger partial charge on any atom is -0.385 e. The smallest absolute Gasteiger partial charge is 0.239 e. The third kappa shape index (κ3) is 2.75. The molecule has 98 valence electrons. The Kier molecular flexibility index (Phi) is 4.07. The summed E-state index contributed by atoms with van der Waals surface area (Å²) in [5.41, 5.74) is 3.72. The minimum absolute atomic E-state index is 0.0488. The molecule has 0 aromatic heterocycles. The molecule has 1 aromatic carbocycles. The summed E-state index contributed by atoms with van der Waals surface area (Å²) in [4.78, 5) is 13.6. The van der Waals surface area contributed by atoms with E-state index in [4.69, 9.17) is 0 Å². The van der Waals surface area contributed by atoms with E-state index in [9.17, 15) is 4.79 Å². The van der Waals surface area contributed by atoms with Gasteiger partial charge in [0.15, 0.2) is 0 Å². The number of rotatable bonds is 4. The highest BCUT2D eigenvalue weighted by Gasteiger charge is 2.13. The van der Waals surface area contributed by atoms with Gasteiger partial charge in [0, 0.05) is 31.5 Å². The molecular formula is C14H21N3O. The lowest BCUT2D eigenvalue weighted by Gasteiger charge is -2.25. The Hall–Kier alpha value is -1.71. The van der Waals surface area contributed by atoms with Crippen molar-refractivity contribution in [3.05, 3.63) is 23.8 Å². The van der Waals surface area contributed by atoms with Crippen molar-refractivity contribution < 1.29 is 4.79 Å². The monoisotopic (exact) mass is 247 g/mol. The largest absolute Gasteiger partial charge is 0.385 e. The number of carbonyl (C=O) groups is 1. The molecule has 1 amide bonds. The van der Waals surface area contributed by atoms with E-state index in [-0.39, 0.29) is 5.91 Å². The Balaban J connectivity index is 2.18. The molecule has 2 N–H and O–H groups in total. The number of carbonyl (C=O) groups excluding carboxylic acids is 1. The van der Waals surface area contributed by atoms with Crippen molar-refractivity contribution in [2.75, 3.05) is 36.9 Å². The fourth-order valence-electron chi connectivity index (χ4n) is 2.30. The quantitative estimate of drug-likeness (QED) is 0.849. The zero-order chi connectivity index (χ0) is 13.0. The van der Waals surface area contributed by atoms with Crippen molar-refractivity contribution in [3.63, 3.8) is 0 Å². The normalized spacial score (nSPS) is 13.4. The summed E-state index contributed by atoms with van der Waals surface area (Å²) < 4.78 is 0. The van der Waals surface area contributed by atoms with Crippen molar-refractivity contribution in [1.29, 1.82) is 0 Å². The summed E-state index contributed by atoms with van der Waals surface area (Å²) in [6.07, 6.45) is 2.30. The Bertz CT molecular complexity index is 431. The predicted octanol–water partition coefficient (Wildman–Crippen LogP) is 1.62. The van der Waals surface area contributed by atoms with E-state index in [1.165, 1.54) is 17.7 Å². The molecule has 0 fully saturated rings. The van der Waals surface area contributed by atoms with Crippen LogP contribution in [0.5, 0.6) is 0 Å². The topological polar surface area (TPSA) is 44.4 Å². The van der Waals surface area contributed by atoms with Crippen LogP contribution >= 0.6 is 0 Å². The van der Waals surface area contributed by atoms with Gasteiger partial charge in [-0.05, 0) is 43.5 Å². The van der Waals surface area contributed by atoms with E-state index in [0.717, 1.165) is 25.2 Å². The predicted molar refractivity (Wildman–Crippen MR) is 75.2 cm³/mol. The van der Waals surface area contributed by atoms with E-state index in [1.54, 1.807) is 7.05 Å². The van der Waals surface area contributed by atoms with E-state index in [2.05, 4.69) is 40.7 Å². The fourth-order valence-corrected chi connectivity index (χ4v) is 2.30. The third-order valence-electron chi connectivity index (χ3n) is 3.39. The highest BCUT2D eigenvalue weighted by atomic mass is 16.1. The molecule has 0 unspecified atom stereocenters. The lowest BCUT2D eigenvalue weighted by Crippen LogP contribution is -2.35. The molecule has 2 rings (SSSR count). The molecule has 0 atom stereocenters. The van der Waals surface area contributed by atoms with Crippen LogP contribution < -0.4 is 15.5 Å². The maximum absolute atomic E-state index is 11.5. The van der Waals surface area contributed by atoms with Gasteiger partial charge in [-0.1, -0.05) is 0 Å². The molecule has 1 aliphatic heterocycles. The molecule has 0 aliphatic carbocycles. The van der Waals surface area contributed by atoms with Crippen LogP contribution in [0, 0.1) is 0 Å². The first-order chi connectivity index (χ1) is 8.74. The van der Waals surface area contributed by atoms with Crippen LogP contribution in [0.15, 0.2) is 18.2 Å². The van der Waals surface area contributed by atoms with Gasteiger partial charge in [0.2, 0.25) is 5.91 Å². The molecule has 0 spiro atoms. The number of likely N-dealkylation sites (N-methyl/N-ethyl adjacent to an activating group) is 2. The molecule has 0 saturated heterocycles. The van der Waals surface area contributed by atoms with Crippen LogP contribution in [-0.2, 0) is 11.2 Å². The van der Waals surface area contributed by atoms with Gasteiger partial charge in [0.05, 0.1) is 6.54 Å². The molecule has 0 bridgehead atoms. The number of hydrogen-bond donors (Lipinski definition) is 2. The van der Waals surface area contributed by atoms with Crippen LogP contribution in [-0.4, -0.2) is 32.6 Å². The summed E-state index contributed by atoms with van der Waals surface area (Å²) in [5, 5.41) is 6.07. The first-order valence-corrected chi connectivity index (χ1v) is 6.57. The molecule has 0 radical (unpaired) electrons. The van der Waals surface area contributed by atoms with E-state index in [1.807, 2.05) is 0 Å². The van der Waals surface area contributed by atoms with Crippen molar-refractivity contribution >= 4 is 17.3 Å². The zero-order valence-corrected chi connectivity index (χ0v) is 11.1. The number of nitrogens with zero attached hydrogens (tertiary/aromatic N) is 1. The van der Waals surface area contributed by atoms with E-state index < -0.39 is 0 Å². The van der Waals surface area contributed by atoms with Crippen LogP contribution in [0.4, 0.5) is 11.4 Å². The summed E-state index contributed by atoms with van der Waals surface area (Å²) in [5.74, 6) is 0.0488. The molecule has 4 heteroatoms. The second-order valence-electron chi connectivity index (χ2n) is 4.56. The minimum atomic E-state index is 0.0488. The van der Waals surface area contributed by atoms with Gasteiger partial charge in [-0.2, -0.15) is 0 Å². The van der Waals surface area contributed by atoms with Crippen molar-refractivity contribution in [1.82, 2.24) is 5.32 Å². The maximum Gasteiger partial charge on any atom is 0.239 e. The first kappa shape index (κ1) is 12.7. The van der Waals surface area contributed by atoms with Gasteiger partial charge in [0.1, 0.15) is 0 Å². The number of hydrogen-bond acceptors (Lipinski definition) is 3. The van der Waals surface area contributed by atoms with E-state index >= 15 is 0 Å². The maximum atomic E-state index is 11.5. The lowest BCUT2D eigenvalue weighted by atomic mass is 10.0. The first-order valence-electron chi connectivity index (χ1n) is 6.57. The summed E-state index contributed by atoms with van der Waals surface area (Å²) in [6, 6.07) is 6.41. The number of amides is 1. The second kappa shape index (κ2) is 5.76. The zero-order valence-electron chi connectivity index (χ0n) is 11.1. The average Bonchev–Trinajstić information content (AvgIpc) is 2.44. The summed E-state index contributed by atoms with van der Waals surface area (Å²) in [7, 11) is 1.67. The molecule has 4 nitrogen and oxygen atoms in total. The SMILES string of the molecule is CCN(CC(=O)NC)c1ccc2c(c1)CCCN2. The molecule has 0 saturated carbocycles. The molecular weight excluding hydrogens is 226 g/mol. The second-order valence-corrected chi connectivity index (χ2v) is 4.56. The third-order valence-corrected chi connectivity index (χ3v) is 3.39. The fraction of sp³-hybridized carbons (Fsp3) is 0.500.